The van der Waals surface area contributed by atoms with Crippen LogP contribution < -0.4 is 16.0 Å². The number of ketones is 1. The lowest BCUT2D eigenvalue weighted by Crippen LogP contribution is -2.64. The molecule has 68 heavy (non-hydrogen) atoms. The van der Waals surface area contributed by atoms with Gasteiger partial charge in [-0.2, -0.15) is 0 Å². The minimum atomic E-state index is -2.17. The molecule has 0 aromatic rings. The van der Waals surface area contributed by atoms with Gasteiger partial charge in [-0.25, -0.2) is 0 Å². The monoisotopic (exact) mass is 990 g/mol. The number of nitrogens with one attached hydrogen (secondary N) is 3. The van der Waals surface area contributed by atoms with Crippen LogP contribution in [0.1, 0.15) is 32.6 Å². The second kappa shape index (κ2) is 27.4. The molecule has 0 spiro atoms. The first-order valence-corrected chi connectivity index (χ1v) is 21.9. The Kier molecular flexibility index (Phi) is 23.1. The molecule has 0 saturated carbocycles. The van der Waals surface area contributed by atoms with E-state index in [1.54, 1.807) is 0 Å². The first-order valence-electron chi connectivity index (χ1n) is 21.9. The van der Waals surface area contributed by atoms with Crippen molar-refractivity contribution in [3.05, 3.63) is 0 Å². The van der Waals surface area contributed by atoms with Crippen molar-refractivity contribution >= 4 is 29.4 Å². The molecule has 0 radical (unpaired) electrons. The number of amides is 4. The van der Waals surface area contributed by atoms with Crippen LogP contribution in [0.2, 0.25) is 0 Å². The Morgan fingerprint density at radius 3 is 1.66 bits per heavy atom. The third-order valence-corrected chi connectivity index (χ3v) is 11.5. The van der Waals surface area contributed by atoms with E-state index in [9.17, 15) is 85.3 Å². The normalized spacial score (nSPS) is 37.6. The second-order valence-corrected chi connectivity index (χ2v) is 16.4. The summed E-state index contributed by atoms with van der Waals surface area (Å²) in [6.45, 7) is -3.40. The molecule has 15 N–H and O–H groups in total. The molecule has 4 fully saturated rings. The maximum absolute atomic E-state index is 13.2. The van der Waals surface area contributed by atoms with Gasteiger partial charge >= 0.3 is 0 Å². The van der Waals surface area contributed by atoms with Gasteiger partial charge in [0, 0.05) is 33.0 Å². The quantitative estimate of drug-likeness (QED) is 0.0399. The van der Waals surface area contributed by atoms with Crippen molar-refractivity contribution in [1.29, 1.82) is 0 Å². The van der Waals surface area contributed by atoms with Crippen LogP contribution in [0.15, 0.2) is 0 Å². The molecule has 4 rings (SSSR count). The second-order valence-electron chi connectivity index (χ2n) is 16.4. The highest BCUT2D eigenvalue weighted by atomic mass is 16.8. The summed E-state index contributed by atoms with van der Waals surface area (Å²) in [4.78, 5) is 64.3. The van der Waals surface area contributed by atoms with Crippen molar-refractivity contribution < 1.29 is 123 Å². The van der Waals surface area contributed by atoms with Gasteiger partial charge in [0.15, 0.2) is 37.0 Å². The van der Waals surface area contributed by atoms with Gasteiger partial charge in [0.1, 0.15) is 92.4 Å². The molecule has 4 aliphatic heterocycles. The maximum atomic E-state index is 13.2. The molecular weight excluding hydrogens is 924 g/mol. The van der Waals surface area contributed by atoms with Gasteiger partial charge in [-0.05, 0) is 19.8 Å². The van der Waals surface area contributed by atoms with E-state index >= 15 is 0 Å². The van der Waals surface area contributed by atoms with Crippen molar-refractivity contribution in [2.75, 3.05) is 66.3 Å². The number of rotatable bonds is 24. The standard InChI is InChI=1S/C39H66N4O25/c1-16-24(50)28(54)31(57)36(64-16)61-9-7-41-21(47)11-43(23(49)6-4-3-5-20(46)40-2)12-22(48)42-8-10-62-38-34(60)35(68-39-33(59)30(56)26(52)18(14-45)66-39)27(53)19(67-38)15-63-37-32(58)29(55)25(51)17(13-44)65-37/h16-19,24-29,31-39,44-45,50-55,57-60H,3-15H2,1-2H3,(H,40,46)(H,41,47)(H,42,48)/t16-,17+,18+,19+,24+,25+,26+,27+,28+,29-,31-,32-,33-,34-,35-,36+,37-,38-,39+/m0/s1. The van der Waals surface area contributed by atoms with E-state index in [-0.39, 0.29) is 44.9 Å². The van der Waals surface area contributed by atoms with E-state index in [1.165, 1.54) is 14.0 Å². The van der Waals surface area contributed by atoms with E-state index in [2.05, 4.69) is 16.0 Å². The zero-order valence-electron chi connectivity index (χ0n) is 37.3. The summed E-state index contributed by atoms with van der Waals surface area (Å²) in [6, 6.07) is 0. The Labute approximate surface area is 388 Å². The molecule has 29 nitrogen and oxygen atoms in total. The number of carbonyl (C=O) groups excluding carboxylic acids is 5. The lowest BCUT2D eigenvalue weighted by molar-refractivity contribution is -0.353. The lowest BCUT2D eigenvalue weighted by atomic mass is 9.97. The van der Waals surface area contributed by atoms with Crippen LogP contribution in [-0.4, -0.2) is 279 Å². The number of ether oxygens (including phenoxy) is 8. The van der Waals surface area contributed by atoms with E-state index in [1.807, 2.05) is 0 Å². The summed E-state index contributed by atoms with van der Waals surface area (Å²) in [7, 11) is 1.45. The topological polar surface area (TPSA) is 441 Å². The average molecular weight is 991 g/mol. The Balaban J connectivity index is 1.37. The predicted octanol–water partition coefficient (Wildman–Crippen LogP) is -10.1. The number of unbranched alkanes of at least 4 members (excludes halogenated alkanes) is 1. The summed E-state index contributed by atoms with van der Waals surface area (Å²) in [6.07, 6.45) is -31.4. The molecule has 0 bridgehead atoms. The van der Waals surface area contributed by atoms with Crippen molar-refractivity contribution in [2.45, 2.75) is 149 Å². The van der Waals surface area contributed by atoms with Crippen molar-refractivity contribution in [3.8, 4) is 0 Å². The van der Waals surface area contributed by atoms with Crippen molar-refractivity contribution in [2.24, 2.45) is 0 Å². The van der Waals surface area contributed by atoms with E-state index in [0.717, 1.165) is 4.90 Å². The Morgan fingerprint density at radius 2 is 1.09 bits per heavy atom. The number of hydrogen-bond donors (Lipinski definition) is 15. The zero-order valence-corrected chi connectivity index (χ0v) is 37.3. The molecule has 392 valence electrons. The van der Waals surface area contributed by atoms with Gasteiger partial charge in [-0.1, -0.05) is 0 Å². The number of carbonyl (C=O) groups is 5. The molecule has 0 aliphatic carbocycles. The maximum Gasteiger partial charge on any atom is 0.239 e. The van der Waals surface area contributed by atoms with Crippen LogP contribution in [0.5, 0.6) is 0 Å². The summed E-state index contributed by atoms with van der Waals surface area (Å²) in [5.74, 6) is -3.59. The third kappa shape index (κ3) is 15.4. The van der Waals surface area contributed by atoms with Crippen LogP contribution in [0, 0.1) is 0 Å². The van der Waals surface area contributed by atoms with Crippen LogP contribution >= 0.6 is 0 Å². The molecule has 19 atom stereocenters. The van der Waals surface area contributed by atoms with Crippen LogP contribution in [0.25, 0.3) is 0 Å². The van der Waals surface area contributed by atoms with Gasteiger partial charge < -0.3 is 120 Å². The predicted molar refractivity (Wildman–Crippen MR) is 217 cm³/mol. The fraction of sp³-hybridized carbons (Fsp3) is 0.872. The van der Waals surface area contributed by atoms with E-state index in [0.29, 0.717) is 6.42 Å². The smallest absolute Gasteiger partial charge is 0.239 e. The summed E-state index contributed by atoms with van der Waals surface area (Å²) in [5.41, 5.74) is 0. The summed E-state index contributed by atoms with van der Waals surface area (Å²) >= 11 is 0. The average Bonchev–Trinajstić information content (AvgIpc) is 3.32. The van der Waals surface area contributed by atoms with Crippen molar-refractivity contribution in [3.63, 3.8) is 0 Å². The number of aliphatic hydroxyl groups excluding tert-OH is 12. The number of aliphatic hydroxyl groups is 12. The summed E-state index contributed by atoms with van der Waals surface area (Å²) < 4.78 is 43.9. The van der Waals surface area contributed by atoms with Crippen LogP contribution in [-0.2, 0) is 61.9 Å². The first kappa shape index (κ1) is 57.3. The molecule has 29 heteroatoms. The zero-order chi connectivity index (χ0) is 50.4. The largest absolute Gasteiger partial charge is 0.394 e. The van der Waals surface area contributed by atoms with E-state index < -0.39 is 180 Å². The molecular formula is C39H66N4O25. The number of Topliss-reactive ketones (excluding diaryl/α,β-unsaturated/α-hetero) is 1. The molecule has 4 aliphatic rings. The van der Waals surface area contributed by atoms with E-state index in [4.69, 9.17) is 37.9 Å². The van der Waals surface area contributed by atoms with Gasteiger partial charge in [-0.15, -0.1) is 0 Å². The van der Waals surface area contributed by atoms with Crippen LogP contribution in [0.4, 0.5) is 0 Å². The molecule has 0 unspecified atom stereocenters. The highest BCUT2D eigenvalue weighted by molar-refractivity contribution is 5.89. The third-order valence-electron chi connectivity index (χ3n) is 11.5. The lowest BCUT2D eigenvalue weighted by Gasteiger charge is -2.45. The van der Waals surface area contributed by atoms with Gasteiger partial charge in [0.2, 0.25) is 23.6 Å². The Hall–Kier alpha value is -3.25. The molecule has 4 saturated heterocycles. The first-order chi connectivity index (χ1) is 32.2. The molecule has 0 aromatic heterocycles. The molecule has 4 amide bonds. The molecule has 0 aromatic carbocycles. The highest BCUT2D eigenvalue weighted by Crippen LogP contribution is 2.30. The van der Waals surface area contributed by atoms with Gasteiger partial charge in [-0.3, -0.25) is 24.0 Å². The fourth-order valence-electron chi connectivity index (χ4n) is 7.37. The number of hydrogen-bond acceptors (Lipinski definition) is 25. The number of nitrogens with zero attached hydrogens (tertiary/aromatic N) is 1. The summed E-state index contributed by atoms with van der Waals surface area (Å²) in [5, 5.41) is 130. The minimum absolute atomic E-state index is 0.125. The van der Waals surface area contributed by atoms with Gasteiger partial charge in [0.25, 0.3) is 0 Å². The fourth-order valence-corrected chi connectivity index (χ4v) is 7.37. The SMILES string of the molecule is CNC(=O)CCCCC(=O)N(CC(=O)NCCO[C@@H]1O[C@@H](C)[C@@H](O)[C@@H](O)[C@@H]1O)CC(=O)NCCO[C@H]1O[C@H](CO[C@H]2O[C@H](CO)[C@@H](O)[C@H](O)[C@@H]2O)[C@@H](O)[C@H](O[C@H]2O[C@H](CO)[C@@H](O)C(=O)[C@@H]2O)[C@@H]1O. The molecule has 4 heterocycles. The van der Waals surface area contributed by atoms with Crippen LogP contribution in [0.3, 0.4) is 0 Å². The Morgan fingerprint density at radius 1 is 0.574 bits per heavy atom. The minimum Gasteiger partial charge on any atom is -0.394 e. The van der Waals surface area contributed by atoms with Gasteiger partial charge in [0.05, 0.1) is 39.1 Å². The Bertz CT molecular complexity index is 1620. The highest BCUT2D eigenvalue weighted by Gasteiger charge is 2.52. The van der Waals surface area contributed by atoms with Crippen molar-refractivity contribution in [1.82, 2.24) is 20.9 Å².